The Labute approximate surface area is 191 Å². The van der Waals surface area contributed by atoms with E-state index >= 15 is 0 Å². The van der Waals surface area contributed by atoms with Crippen LogP contribution in [-0.4, -0.2) is 27.6 Å². The maximum Gasteiger partial charge on any atom is 0.326 e. The minimum absolute atomic E-state index is 0.0507. The smallest absolute Gasteiger partial charge is 0.326 e. The van der Waals surface area contributed by atoms with Crippen molar-refractivity contribution in [3.05, 3.63) is 70.1 Å². The lowest BCUT2D eigenvalue weighted by atomic mass is 9.91. The number of carboxylic acids is 1. The van der Waals surface area contributed by atoms with E-state index in [2.05, 4.69) is 5.32 Å². The summed E-state index contributed by atoms with van der Waals surface area (Å²) in [6.45, 7) is 1.84. The molecule has 5 nitrogen and oxygen atoms in total. The number of carbonyl (C=O) groups excluding carboxylic acids is 1. The number of nitrogens with zero attached hydrogens (tertiary/aromatic N) is 1. The van der Waals surface area contributed by atoms with Gasteiger partial charge in [0, 0.05) is 34.1 Å². The third-order valence-electron chi connectivity index (χ3n) is 6.29. The third-order valence-corrected chi connectivity index (χ3v) is 6.66. The van der Waals surface area contributed by atoms with Crippen LogP contribution in [0.2, 0.25) is 5.02 Å². The molecule has 3 aromatic rings. The number of halogens is 2. The molecule has 0 spiro atoms. The van der Waals surface area contributed by atoms with Crippen molar-refractivity contribution in [3.63, 3.8) is 0 Å². The monoisotopic (exact) mass is 456 g/mol. The highest BCUT2D eigenvalue weighted by atomic mass is 35.5. The highest BCUT2D eigenvalue weighted by Gasteiger charge is 2.30. The number of aliphatic carboxylic acids is 1. The van der Waals surface area contributed by atoms with Crippen LogP contribution in [0.4, 0.5) is 4.39 Å². The van der Waals surface area contributed by atoms with E-state index in [1.807, 2.05) is 35.8 Å². The van der Waals surface area contributed by atoms with Gasteiger partial charge in [-0.05, 0) is 67.5 Å². The summed E-state index contributed by atoms with van der Waals surface area (Å²) in [5.74, 6) is -1.30. The molecule has 1 aliphatic carbocycles. The molecule has 4 rings (SSSR count). The summed E-state index contributed by atoms with van der Waals surface area (Å²) in [6, 6.07) is 11.2. The molecule has 168 valence electrons. The van der Waals surface area contributed by atoms with Crippen molar-refractivity contribution in [1.29, 1.82) is 0 Å². The summed E-state index contributed by atoms with van der Waals surface area (Å²) in [6.07, 6.45) is 3.22. The molecule has 2 N–H and O–H groups in total. The quantitative estimate of drug-likeness (QED) is 0.521. The molecule has 0 bridgehead atoms. The Balaban J connectivity index is 1.55. The molecule has 0 radical (unpaired) electrons. The number of carboxylic acid groups (broad SMARTS) is 1. The third kappa shape index (κ3) is 4.37. The van der Waals surface area contributed by atoms with E-state index in [0.717, 1.165) is 27.7 Å². The molecule has 0 aliphatic heterocycles. The summed E-state index contributed by atoms with van der Waals surface area (Å²) in [5, 5.41) is 14.2. The Kier molecular flexibility index (Phi) is 6.51. The zero-order chi connectivity index (χ0) is 22.8. The lowest BCUT2D eigenvalue weighted by Gasteiger charge is -2.26. The Morgan fingerprint density at radius 1 is 1.28 bits per heavy atom. The molecular formula is C25H26ClFN2O3. The molecule has 2 aromatic carbocycles. The minimum atomic E-state index is -0.897. The van der Waals surface area contributed by atoms with Gasteiger partial charge in [0.25, 0.3) is 0 Å². The molecule has 32 heavy (non-hydrogen) atoms. The Hall–Kier alpha value is -2.86. The van der Waals surface area contributed by atoms with Crippen molar-refractivity contribution in [1.82, 2.24) is 9.88 Å². The van der Waals surface area contributed by atoms with Gasteiger partial charge in [0.05, 0.1) is 0 Å². The van der Waals surface area contributed by atoms with Crippen molar-refractivity contribution in [3.8, 4) is 0 Å². The number of nitrogens with one attached hydrogen (secondary N) is 1. The van der Waals surface area contributed by atoms with Crippen LogP contribution < -0.4 is 5.32 Å². The summed E-state index contributed by atoms with van der Waals surface area (Å²) < 4.78 is 15.9. The zero-order valence-electron chi connectivity index (χ0n) is 17.9. The van der Waals surface area contributed by atoms with Crippen molar-refractivity contribution in [2.24, 2.45) is 0 Å². The molecule has 0 fully saturated rings. The van der Waals surface area contributed by atoms with Gasteiger partial charge in [0.15, 0.2) is 0 Å². The van der Waals surface area contributed by atoms with Crippen LogP contribution in [-0.2, 0) is 28.9 Å². The minimum Gasteiger partial charge on any atom is -0.480 e. The standard InChI is InChI=1S/C25H26ClFN2O3/c1-2-21(25(31)32)29-22-10-8-16(27)13-18(22)19-14-17(9-11-23(19)29)28-24(30)12-7-15-5-3-4-6-20(15)26/h3-6,8,10,13,17,21H,2,7,9,11-12,14H2,1H3,(H,28,30)(H,31,32)/t17-,21?/m1/s1. The number of amides is 1. The summed E-state index contributed by atoms with van der Waals surface area (Å²) in [4.78, 5) is 24.5. The SMILES string of the molecule is CCC(C(=O)O)n1c2c(c3cc(F)ccc31)C[C@H](NC(=O)CCc1ccccc1Cl)CC2. The lowest BCUT2D eigenvalue weighted by Crippen LogP contribution is -2.39. The van der Waals surface area contributed by atoms with Gasteiger partial charge in [-0.3, -0.25) is 4.79 Å². The average molecular weight is 457 g/mol. The Morgan fingerprint density at radius 2 is 2.06 bits per heavy atom. The fourth-order valence-electron chi connectivity index (χ4n) is 4.76. The van der Waals surface area contributed by atoms with Gasteiger partial charge in [0.1, 0.15) is 11.9 Å². The van der Waals surface area contributed by atoms with Gasteiger partial charge in [0.2, 0.25) is 5.91 Å². The first-order valence-electron chi connectivity index (χ1n) is 11.0. The summed E-state index contributed by atoms with van der Waals surface area (Å²) >= 11 is 6.18. The zero-order valence-corrected chi connectivity index (χ0v) is 18.7. The largest absolute Gasteiger partial charge is 0.480 e. The van der Waals surface area contributed by atoms with Gasteiger partial charge < -0.3 is 15.0 Å². The number of fused-ring (bicyclic) bond motifs is 3. The van der Waals surface area contributed by atoms with E-state index < -0.39 is 12.0 Å². The van der Waals surface area contributed by atoms with E-state index in [4.69, 9.17) is 11.6 Å². The fraction of sp³-hybridized carbons (Fsp3) is 0.360. The highest BCUT2D eigenvalue weighted by molar-refractivity contribution is 6.31. The first-order chi connectivity index (χ1) is 15.4. The normalized spacial score (nSPS) is 16.5. The van der Waals surface area contributed by atoms with Gasteiger partial charge >= 0.3 is 5.97 Å². The van der Waals surface area contributed by atoms with Crippen molar-refractivity contribution in [2.75, 3.05) is 0 Å². The molecule has 1 heterocycles. The fourth-order valence-corrected chi connectivity index (χ4v) is 4.99. The van der Waals surface area contributed by atoms with E-state index in [9.17, 15) is 19.1 Å². The summed E-state index contributed by atoms with van der Waals surface area (Å²) in [7, 11) is 0. The number of hydrogen-bond donors (Lipinski definition) is 2. The highest BCUT2D eigenvalue weighted by Crippen LogP contribution is 2.36. The predicted octanol–water partition coefficient (Wildman–Crippen LogP) is 5.08. The molecule has 1 unspecified atom stereocenters. The van der Waals surface area contributed by atoms with Crippen LogP contribution in [0.3, 0.4) is 0 Å². The van der Waals surface area contributed by atoms with E-state index in [-0.39, 0.29) is 17.8 Å². The number of aryl methyl sites for hydroxylation is 1. The lowest BCUT2D eigenvalue weighted by molar-refractivity contribution is -0.141. The number of carbonyl (C=O) groups is 2. The topological polar surface area (TPSA) is 71.3 Å². The Bertz CT molecular complexity index is 1170. The van der Waals surface area contributed by atoms with E-state index in [1.54, 1.807) is 6.07 Å². The van der Waals surface area contributed by atoms with Gasteiger partial charge in [-0.15, -0.1) is 0 Å². The molecule has 7 heteroatoms. The summed E-state index contributed by atoms with van der Waals surface area (Å²) in [5.41, 5.74) is 3.53. The Morgan fingerprint density at radius 3 is 2.78 bits per heavy atom. The molecule has 0 saturated carbocycles. The maximum atomic E-state index is 14.1. The van der Waals surface area contributed by atoms with Crippen LogP contribution in [0.25, 0.3) is 10.9 Å². The molecule has 1 amide bonds. The van der Waals surface area contributed by atoms with Gasteiger partial charge in [-0.1, -0.05) is 36.7 Å². The number of hydrogen-bond acceptors (Lipinski definition) is 2. The van der Waals surface area contributed by atoms with Gasteiger partial charge in [-0.2, -0.15) is 0 Å². The van der Waals surface area contributed by atoms with Crippen molar-refractivity contribution in [2.45, 2.75) is 57.5 Å². The van der Waals surface area contributed by atoms with Crippen LogP contribution in [0.15, 0.2) is 42.5 Å². The van der Waals surface area contributed by atoms with Crippen LogP contribution in [0.1, 0.15) is 49.0 Å². The van der Waals surface area contributed by atoms with Crippen LogP contribution in [0, 0.1) is 5.82 Å². The molecule has 1 aromatic heterocycles. The van der Waals surface area contributed by atoms with E-state index in [0.29, 0.717) is 43.5 Å². The number of aromatic nitrogens is 1. The maximum absolute atomic E-state index is 14.1. The van der Waals surface area contributed by atoms with Crippen molar-refractivity contribution < 1.29 is 19.1 Å². The van der Waals surface area contributed by atoms with Gasteiger partial charge in [-0.25, -0.2) is 9.18 Å². The number of rotatable bonds is 7. The second-order valence-corrected chi connectivity index (χ2v) is 8.72. The first kappa shape index (κ1) is 22.3. The molecule has 0 saturated heterocycles. The number of benzene rings is 2. The van der Waals surface area contributed by atoms with Crippen molar-refractivity contribution >= 4 is 34.4 Å². The molecule has 1 aliphatic rings. The second kappa shape index (κ2) is 9.33. The van der Waals surface area contributed by atoms with Crippen LogP contribution in [0.5, 0.6) is 0 Å². The average Bonchev–Trinajstić information content (AvgIpc) is 3.06. The predicted molar refractivity (Wildman–Crippen MR) is 123 cm³/mol. The first-order valence-corrected chi connectivity index (χ1v) is 11.3. The van der Waals surface area contributed by atoms with E-state index in [1.165, 1.54) is 12.1 Å². The second-order valence-electron chi connectivity index (χ2n) is 8.32. The molecular weight excluding hydrogens is 431 g/mol. The molecule has 2 atom stereocenters. The van der Waals surface area contributed by atoms with Crippen LogP contribution >= 0.6 is 11.6 Å².